The molecule has 1 aliphatic rings. The van der Waals surface area contributed by atoms with Gasteiger partial charge >= 0.3 is 0 Å². The summed E-state index contributed by atoms with van der Waals surface area (Å²) in [6.07, 6.45) is 4.47. The van der Waals surface area contributed by atoms with Crippen LogP contribution >= 0.6 is 0 Å². The number of ether oxygens (including phenoxy) is 2. The minimum absolute atomic E-state index is 0.0137. The molecule has 0 spiro atoms. The van der Waals surface area contributed by atoms with Gasteiger partial charge < -0.3 is 15.2 Å². The van der Waals surface area contributed by atoms with Crippen molar-refractivity contribution in [3.63, 3.8) is 0 Å². The van der Waals surface area contributed by atoms with Gasteiger partial charge in [0.2, 0.25) is 0 Å². The van der Waals surface area contributed by atoms with E-state index < -0.39 is 0 Å². The number of rotatable bonds is 5. The van der Waals surface area contributed by atoms with Crippen molar-refractivity contribution in [3.05, 3.63) is 29.8 Å². The molecule has 0 radical (unpaired) electrons. The third-order valence-corrected chi connectivity index (χ3v) is 3.38. The van der Waals surface area contributed by atoms with Crippen LogP contribution in [-0.4, -0.2) is 25.4 Å². The number of hydrogen-bond acceptors (Lipinski definition) is 3. The van der Waals surface area contributed by atoms with Crippen LogP contribution in [0.5, 0.6) is 5.75 Å². The molecular formula is C15H23NO2. The Morgan fingerprint density at radius 2 is 2.11 bits per heavy atom. The number of aryl methyl sites for hydroxylation is 1. The van der Waals surface area contributed by atoms with Gasteiger partial charge in [-0.05, 0) is 37.0 Å². The molecule has 1 aliphatic heterocycles. The van der Waals surface area contributed by atoms with E-state index in [-0.39, 0.29) is 12.1 Å². The summed E-state index contributed by atoms with van der Waals surface area (Å²) in [6, 6.07) is 8.43. The second kappa shape index (κ2) is 6.76. The highest BCUT2D eigenvalue weighted by Gasteiger charge is 2.23. The van der Waals surface area contributed by atoms with E-state index in [4.69, 9.17) is 15.2 Å². The van der Waals surface area contributed by atoms with E-state index >= 15 is 0 Å². The highest BCUT2D eigenvalue weighted by Crippen LogP contribution is 2.18. The Balaban J connectivity index is 1.89. The van der Waals surface area contributed by atoms with E-state index in [1.807, 2.05) is 12.1 Å². The van der Waals surface area contributed by atoms with Crippen LogP contribution in [-0.2, 0) is 11.2 Å². The van der Waals surface area contributed by atoms with Gasteiger partial charge in [-0.15, -0.1) is 0 Å². The molecule has 2 N–H and O–H groups in total. The molecule has 0 saturated carbocycles. The van der Waals surface area contributed by atoms with Crippen molar-refractivity contribution < 1.29 is 9.47 Å². The summed E-state index contributed by atoms with van der Waals surface area (Å²) in [5.41, 5.74) is 7.39. The van der Waals surface area contributed by atoms with E-state index in [1.54, 1.807) is 0 Å². The maximum Gasteiger partial charge on any atom is 0.137 e. The average Bonchev–Trinajstić information content (AvgIpc) is 2.41. The first kappa shape index (κ1) is 13.4. The topological polar surface area (TPSA) is 44.5 Å². The normalized spacial score (nSPS) is 23.9. The minimum Gasteiger partial charge on any atom is -0.486 e. The van der Waals surface area contributed by atoms with Crippen molar-refractivity contribution in [2.75, 3.05) is 13.2 Å². The third kappa shape index (κ3) is 3.72. The molecular weight excluding hydrogens is 226 g/mol. The lowest BCUT2D eigenvalue weighted by atomic mass is 10.1. The maximum atomic E-state index is 6.02. The molecule has 3 nitrogen and oxygen atoms in total. The fourth-order valence-corrected chi connectivity index (χ4v) is 2.14. The van der Waals surface area contributed by atoms with Crippen molar-refractivity contribution in [3.8, 4) is 5.75 Å². The highest BCUT2D eigenvalue weighted by molar-refractivity contribution is 5.27. The summed E-state index contributed by atoms with van der Waals surface area (Å²) in [7, 11) is 0. The summed E-state index contributed by atoms with van der Waals surface area (Å²) in [4.78, 5) is 0. The van der Waals surface area contributed by atoms with Crippen molar-refractivity contribution in [2.24, 2.45) is 5.73 Å². The van der Waals surface area contributed by atoms with Gasteiger partial charge in [-0.1, -0.05) is 25.5 Å². The van der Waals surface area contributed by atoms with Crippen LogP contribution < -0.4 is 10.5 Å². The predicted molar refractivity (Wildman–Crippen MR) is 72.9 cm³/mol. The first-order chi connectivity index (χ1) is 8.79. The lowest BCUT2D eigenvalue weighted by Gasteiger charge is -2.29. The maximum absolute atomic E-state index is 6.02. The van der Waals surface area contributed by atoms with Crippen molar-refractivity contribution >= 4 is 0 Å². The number of nitrogens with two attached hydrogens (primary N) is 1. The quantitative estimate of drug-likeness (QED) is 0.872. The Morgan fingerprint density at radius 1 is 1.33 bits per heavy atom. The molecule has 0 aliphatic carbocycles. The van der Waals surface area contributed by atoms with Crippen LogP contribution in [0.3, 0.4) is 0 Å². The molecule has 0 amide bonds. The van der Waals surface area contributed by atoms with Crippen LogP contribution in [0, 0.1) is 0 Å². The summed E-state index contributed by atoms with van der Waals surface area (Å²) in [5, 5.41) is 0. The number of hydrogen-bond donors (Lipinski definition) is 1. The zero-order chi connectivity index (χ0) is 12.8. The van der Waals surface area contributed by atoms with Crippen LogP contribution in [0.1, 0.15) is 31.7 Å². The van der Waals surface area contributed by atoms with E-state index in [0.29, 0.717) is 6.61 Å². The summed E-state index contributed by atoms with van der Waals surface area (Å²) in [5.74, 6) is 0.890. The van der Waals surface area contributed by atoms with E-state index in [0.717, 1.165) is 25.2 Å². The molecule has 1 fully saturated rings. The number of benzene rings is 1. The van der Waals surface area contributed by atoms with Gasteiger partial charge in [0.25, 0.3) is 0 Å². The Morgan fingerprint density at radius 3 is 2.78 bits per heavy atom. The van der Waals surface area contributed by atoms with Gasteiger partial charge in [-0.2, -0.15) is 0 Å². The van der Waals surface area contributed by atoms with Gasteiger partial charge in [-0.3, -0.25) is 0 Å². The fourth-order valence-electron chi connectivity index (χ4n) is 2.14. The first-order valence-electron chi connectivity index (χ1n) is 6.88. The second-order valence-corrected chi connectivity index (χ2v) is 4.93. The molecule has 1 saturated heterocycles. The molecule has 1 aromatic carbocycles. The van der Waals surface area contributed by atoms with E-state index in [1.165, 1.54) is 18.4 Å². The largest absolute Gasteiger partial charge is 0.486 e. The molecule has 3 heteroatoms. The lowest BCUT2D eigenvalue weighted by Crippen LogP contribution is -2.46. The Labute approximate surface area is 109 Å². The second-order valence-electron chi connectivity index (χ2n) is 4.93. The molecule has 2 rings (SSSR count). The molecule has 0 aromatic heterocycles. The minimum atomic E-state index is -0.0137. The molecule has 1 heterocycles. The van der Waals surface area contributed by atoms with Crippen LogP contribution in [0.2, 0.25) is 0 Å². The molecule has 100 valence electrons. The van der Waals surface area contributed by atoms with Gasteiger partial charge in [0, 0.05) is 12.6 Å². The number of unbranched alkanes of at least 4 members (excludes halogenated alkanes) is 1. The van der Waals surface area contributed by atoms with Gasteiger partial charge in [0.05, 0.1) is 6.61 Å². The third-order valence-electron chi connectivity index (χ3n) is 3.38. The zero-order valence-corrected chi connectivity index (χ0v) is 11.1. The predicted octanol–water partition coefficient (Wildman–Crippen LogP) is 2.52. The fraction of sp³-hybridized carbons (Fsp3) is 0.600. The molecule has 0 bridgehead atoms. The van der Waals surface area contributed by atoms with Gasteiger partial charge in [0.15, 0.2) is 0 Å². The Kier molecular flexibility index (Phi) is 5.02. The molecule has 18 heavy (non-hydrogen) atoms. The molecule has 2 unspecified atom stereocenters. The standard InChI is InChI=1S/C15H23NO2/c1-2-3-4-12-5-7-13(8-6-12)18-15-11-17-10-9-14(15)16/h5-8,14-15H,2-4,9-11,16H2,1H3. The first-order valence-corrected chi connectivity index (χ1v) is 6.88. The molecule has 2 atom stereocenters. The lowest BCUT2D eigenvalue weighted by molar-refractivity contribution is -0.00532. The van der Waals surface area contributed by atoms with Gasteiger partial charge in [0.1, 0.15) is 11.9 Å². The summed E-state index contributed by atoms with van der Waals surface area (Å²) < 4.78 is 11.3. The zero-order valence-electron chi connectivity index (χ0n) is 11.1. The Hall–Kier alpha value is -1.06. The van der Waals surface area contributed by atoms with Crippen LogP contribution in [0.15, 0.2) is 24.3 Å². The summed E-state index contributed by atoms with van der Waals surface area (Å²) in [6.45, 7) is 3.55. The van der Waals surface area contributed by atoms with E-state index in [2.05, 4.69) is 19.1 Å². The van der Waals surface area contributed by atoms with Crippen molar-refractivity contribution in [1.82, 2.24) is 0 Å². The molecule has 1 aromatic rings. The van der Waals surface area contributed by atoms with Gasteiger partial charge in [-0.25, -0.2) is 0 Å². The smallest absolute Gasteiger partial charge is 0.137 e. The monoisotopic (exact) mass is 249 g/mol. The Bertz CT molecular complexity index is 350. The highest BCUT2D eigenvalue weighted by atomic mass is 16.5. The van der Waals surface area contributed by atoms with Crippen LogP contribution in [0.25, 0.3) is 0 Å². The van der Waals surface area contributed by atoms with Crippen molar-refractivity contribution in [1.29, 1.82) is 0 Å². The van der Waals surface area contributed by atoms with Crippen molar-refractivity contribution in [2.45, 2.75) is 44.8 Å². The SMILES string of the molecule is CCCCc1ccc(OC2COCCC2N)cc1. The van der Waals surface area contributed by atoms with E-state index in [9.17, 15) is 0 Å². The average molecular weight is 249 g/mol. The van der Waals surface area contributed by atoms with Crippen LogP contribution in [0.4, 0.5) is 0 Å². The summed E-state index contributed by atoms with van der Waals surface area (Å²) >= 11 is 0.